The molecule has 0 spiro atoms. The second kappa shape index (κ2) is 18.1. The molecule has 12 nitrogen and oxygen atoms in total. The van der Waals surface area contributed by atoms with Crippen LogP contribution in [0, 0.1) is 6.92 Å². The summed E-state index contributed by atoms with van der Waals surface area (Å²) in [6.07, 6.45) is 12.1. The molecule has 4 aromatic rings. The number of fused-ring (bicyclic) bond motifs is 2. The molecule has 2 unspecified atom stereocenters. The molecule has 7 rings (SSSR count). The van der Waals surface area contributed by atoms with Crippen molar-refractivity contribution < 1.29 is 33.3 Å². The van der Waals surface area contributed by atoms with E-state index in [0.717, 1.165) is 70.6 Å². The van der Waals surface area contributed by atoms with E-state index in [1.807, 2.05) is 87.3 Å². The van der Waals surface area contributed by atoms with Gasteiger partial charge in [0.25, 0.3) is 5.91 Å². The molecule has 300 valence electrons. The molecule has 4 aromatic carbocycles. The number of nitrogens with one attached hydrogen (secondary N) is 1. The van der Waals surface area contributed by atoms with Crippen LogP contribution in [0.4, 0.5) is 17.1 Å². The van der Waals surface area contributed by atoms with E-state index in [-0.39, 0.29) is 18.0 Å². The number of aliphatic imine (C=N–C) groups is 2. The SMILES string of the molecule is CNc1ccc(C2=CN(C=O)C(/C=N\c3cc(OCCCCCOc4cc5c(cc4OC)C(=O)N4C=C(c6ccc(OC)cc6)CC4C=N5)c(OC)cc3C)C2)cc1. The van der Waals surface area contributed by atoms with Crippen LogP contribution in [-0.4, -0.2) is 88.2 Å². The summed E-state index contributed by atoms with van der Waals surface area (Å²) >= 11 is 0. The van der Waals surface area contributed by atoms with Gasteiger partial charge in [-0.1, -0.05) is 24.3 Å². The normalized spacial score (nSPS) is 17.0. The van der Waals surface area contributed by atoms with Crippen molar-refractivity contribution in [2.75, 3.05) is 46.9 Å². The van der Waals surface area contributed by atoms with Crippen LogP contribution in [0.15, 0.2) is 95.2 Å². The van der Waals surface area contributed by atoms with Crippen molar-refractivity contribution in [3.05, 3.63) is 107 Å². The highest BCUT2D eigenvalue weighted by molar-refractivity contribution is 6.05. The first kappa shape index (κ1) is 39.7. The minimum atomic E-state index is -0.194. The predicted octanol–water partition coefficient (Wildman–Crippen LogP) is 8.64. The standard InChI is InChI=1S/C46H49N5O7/c1-30-19-42(55-4)44(23-40(30)48-25-36-20-33(27-50(36)29-52)31-9-13-35(47-2)14-10-31)57-17-7-6-8-18-58-45-24-41-39(22-43(45)56-5)46(53)51-28-34(21-37(51)26-49-41)32-11-15-38(54-3)16-12-32/h9-16,19,22-29,36-37,47H,6-8,17-18,20-21H2,1-5H3/b48-25-. The molecule has 0 aliphatic carbocycles. The molecule has 0 saturated carbocycles. The quantitative estimate of drug-likeness (QED) is 0.0642. The molecule has 0 fully saturated rings. The number of carbonyl (C=O) groups excluding carboxylic acids is 2. The maximum atomic E-state index is 13.7. The van der Waals surface area contributed by atoms with Crippen molar-refractivity contribution >= 4 is 53.0 Å². The van der Waals surface area contributed by atoms with E-state index in [9.17, 15) is 9.59 Å². The first-order valence-corrected chi connectivity index (χ1v) is 19.5. The van der Waals surface area contributed by atoms with E-state index in [0.29, 0.717) is 60.3 Å². The summed E-state index contributed by atoms with van der Waals surface area (Å²) < 4.78 is 28.9. The molecule has 1 N–H and O–H groups in total. The van der Waals surface area contributed by atoms with Gasteiger partial charge in [0, 0.05) is 62.5 Å². The van der Waals surface area contributed by atoms with Gasteiger partial charge in [-0.05, 0) is 90.4 Å². The maximum Gasteiger partial charge on any atom is 0.260 e. The van der Waals surface area contributed by atoms with Crippen LogP contribution in [0.1, 0.15) is 59.2 Å². The zero-order valence-electron chi connectivity index (χ0n) is 33.6. The molecule has 0 saturated heterocycles. The number of anilines is 1. The van der Waals surface area contributed by atoms with Crippen molar-refractivity contribution in [2.24, 2.45) is 9.98 Å². The topological polar surface area (TPSA) is 124 Å². The molecule has 3 aliphatic heterocycles. The molecule has 0 radical (unpaired) electrons. The smallest absolute Gasteiger partial charge is 0.260 e. The fourth-order valence-corrected chi connectivity index (χ4v) is 7.29. The van der Waals surface area contributed by atoms with Crippen molar-refractivity contribution in [3.63, 3.8) is 0 Å². The summed E-state index contributed by atoms with van der Waals surface area (Å²) in [5.41, 5.74) is 7.99. The summed E-state index contributed by atoms with van der Waals surface area (Å²) in [5.74, 6) is 2.92. The molecule has 2 amide bonds. The molecule has 3 aliphatic rings. The van der Waals surface area contributed by atoms with Crippen LogP contribution < -0.4 is 29.0 Å². The van der Waals surface area contributed by atoms with Crippen LogP contribution in [0.2, 0.25) is 0 Å². The Balaban J connectivity index is 0.909. The molecular formula is C46H49N5O7. The Kier molecular flexibility index (Phi) is 12.4. The van der Waals surface area contributed by atoms with Crippen molar-refractivity contribution in [1.29, 1.82) is 0 Å². The second-order valence-corrected chi connectivity index (χ2v) is 14.3. The number of methoxy groups -OCH3 is 3. The summed E-state index contributed by atoms with van der Waals surface area (Å²) in [6, 6.07) is 22.9. The Morgan fingerprint density at radius 2 is 1.45 bits per heavy atom. The Bertz CT molecular complexity index is 2250. The number of carbonyl (C=O) groups is 2. The lowest BCUT2D eigenvalue weighted by atomic mass is 10.0. The number of hydrogen-bond donors (Lipinski definition) is 1. The highest BCUT2D eigenvalue weighted by Crippen LogP contribution is 2.40. The number of amides is 2. The summed E-state index contributed by atoms with van der Waals surface area (Å²) in [6.45, 7) is 2.91. The number of hydrogen-bond acceptors (Lipinski definition) is 10. The lowest BCUT2D eigenvalue weighted by Gasteiger charge is -2.19. The molecule has 12 heteroatoms. The molecule has 0 bridgehead atoms. The van der Waals surface area contributed by atoms with Crippen LogP contribution >= 0.6 is 0 Å². The predicted molar refractivity (Wildman–Crippen MR) is 228 cm³/mol. The number of aryl methyl sites for hydroxylation is 1. The molecular weight excluding hydrogens is 735 g/mol. The molecule has 58 heavy (non-hydrogen) atoms. The van der Waals surface area contributed by atoms with Crippen molar-refractivity contribution in [2.45, 2.75) is 51.1 Å². The fraction of sp³-hybridized carbons (Fsp3) is 0.304. The molecule has 2 atom stereocenters. The van der Waals surface area contributed by atoms with Gasteiger partial charge in [0.15, 0.2) is 23.0 Å². The van der Waals surface area contributed by atoms with E-state index >= 15 is 0 Å². The number of ether oxygens (including phenoxy) is 5. The van der Waals surface area contributed by atoms with E-state index in [1.54, 1.807) is 43.3 Å². The van der Waals surface area contributed by atoms with Crippen LogP contribution in [0.25, 0.3) is 11.1 Å². The van der Waals surface area contributed by atoms with Gasteiger partial charge in [0.1, 0.15) is 5.75 Å². The van der Waals surface area contributed by atoms with Crippen molar-refractivity contribution in [1.82, 2.24) is 9.80 Å². The van der Waals surface area contributed by atoms with Crippen LogP contribution in [-0.2, 0) is 4.79 Å². The Hall–Kier alpha value is -6.56. The minimum absolute atomic E-state index is 0.133. The number of benzene rings is 4. The fourth-order valence-electron chi connectivity index (χ4n) is 7.29. The van der Waals surface area contributed by atoms with Gasteiger partial charge in [-0.15, -0.1) is 0 Å². The molecule has 3 heterocycles. The van der Waals surface area contributed by atoms with Crippen molar-refractivity contribution in [3.8, 4) is 28.7 Å². The average Bonchev–Trinajstić information content (AvgIpc) is 3.86. The van der Waals surface area contributed by atoms with E-state index in [2.05, 4.69) is 17.4 Å². The average molecular weight is 784 g/mol. The highest BCUT2D eigenvalue weighted by Gasteiger charge is 2.33. The van der Waals surface area contributed by atoms with Gasteiger partial charge in [0.05, 0.1) is 63.6 Å². The lowest BCUT2D eigenvalue weighted by Crippen LogP contribution is -2.32. The second-order valence-electron chi connectivity index (χ2n) is 14.3. The zero-order valence-corrected chi connectivity index (χ0v) is 33.6. The number of unbranched alkanes of at least 4 members (excludes halogenated alkanes) is 2. The third-order valence-electron chi connectivity index (χ3n) is 10.6. The van der Waals surface area contributed by atoms with Gasteiger partial charge in [0.2, 0.25) is 6.41 Å². The van der Waals surface area contributed by atoms with E-state index < -0.39 is 0 Å². The third-order valence-corrected chi connectivity index (χ3v) is 10.6. The van der Waals surface area contributed by atoms with Crippen LogP contribution in [0.3, 0.4) is 0 Å². The van der Waals surface area contributed by atoms with Gasteiger partial charge in [-0.25, -0.2) is 0 Å². The monoisotopic (exact) mass is 783 g/mol. The first-order chi connectivity index (χ1) is 28.3. The van der Waals surface area contributed by atoms with Crippen LogP contribution in [0.5, 0.6) is 28.7 Å². The van der Waals surface area contributed by atoms with Gasteiger partial charge in [-0.3, -0.25) is 19.6 Å². The minimum Gasteiger partial charge on any atom is -0.497 e. The number of nitrogens with zero attached hydrogens (tertiary/aromatic N) is 4. The van der Waals surface area contributed by atoms with E-state index in [1.165, 1.54) is 0 Å². The summed E-state index contributed by atoms with van der Waals surface area (Å²) in [5, 5.41) is 3.13. The first-order valence-electron chi connectivity index (χ1n) is 19.5. The Labute approximate surface area is 339 Å². The number of rotatable bonds is 17. The maximum absolute atomic E-state index is 13.7. The summed E-state index contributed by atoms with van der Waals surface area (Å²) in [4.78, 5) is 38.6. The summed E-state index contributed by atoms with van der Waals surface area (Å²) in [7, 11) is 6.72. The largest absolute Gasteiger partial charge is 0.497 e. The van der Waals surface area contributed by atoms with Gasteiger partial charge < -0.3 is 38.8 Å². The Morgan fingerprint density at radius 1 is 0.793 bits per heavy atom. The van der Waals surface area contributed by atoms with E-state index in [4.69, 9.17) is 33.7 Å². The highest BCUT2D eigenvalue weighted by atomic mass is 16.5. The van der Waals surface area contributed by atoms with Gasteiger partial charge in [-0.2, -0.15) is 0 Å². The Morgan fingerprint density at radius 3 is 2.10 bits per heavy atom. The lowest BCUT2D eigenvalue weighted by molar-refractivity contribution is -0.116. The van der Waals surface area contributed by atoms with Gasteiger partial charge >= 0.3 is 0 Å². The molecule has 0 aromatic heterocycles. The third kappa shape index (κ3) is 8.71. The zero-order chi connectivity index (χ0) is 40.6.